The van der Waals surface area contributed by atoms with Crippen molar-refractivity contribution in [3.63, 3.8) is 0 Å². The van der Waals surface area contributed by atoms with E-state index >= 15 is 0 Å². The highest BCUT2D eigenvalue weighted by Crippen LogP contribution is 2.18. The molecule has 3 N–H and O–H groups in total. The quantitative estimate of drug-likeness (QED) is 0.584. The van der Waals surface area contributed by atoms with E-state index in [2.05, 4.69) is 10.6 Å². The van der Waals surface area contributed by atoms with E-state index in [0.717, 1.165) is 13.0 Å². The van der Waals surface area contributed by atoms with Crippen LogP contribution in [0.25, 0.3) is 0 Å². The first kappa shape index (κ1) is 14.8. The third kappa shape index (κ3) is 4.18. The highest BCUT2D eigenvalue weighted by Gasteiger charge is 2.35. The Labute approximate surface area is 108 Å². The van der Waals surface area contributed by atoms with Gasteiger partial charge in [0, 0.05) is 19.6 Å². The highest BCUT2D eigenvalue weighted by molar-refractivity contribution is 5.85. The number of carboxylic acid groups (broad SMARTS) is 1. The first-order valence-corrected chi connectivity index (χ1v) is 6.34. The van der Waals surface area contributed by atoms with E-state index in [1.807, 2.05) is 0 Å². The molecule has 1 rings (SSSR count). The summed E-state index contributed by atoms with van der Waals surface area (Å²) in [5.41, 5.74) is -1.20. The third-order valence-electron chi connectivity index (χ3n) is 3.31. The van der Waals surface area contributed by atoms with Gasteiger partial charge in [-0.15, -0.1) is 0 Å². The van der Waals surface area contributed by atoms with Gasteiger partial charge in [-0.25, -0.2) is 9.59 Å². The molecule has 0 spiro atoms. The number of nitrogens with zero attached hydrogens (tertiary/aromatic N) is 1. The lowest BCUT2D eigenvalue weighted by atomic mass is 10.1. The fourth-order valence-electron chi connectivity index (χ4n) is 1.39. The number of urea groups is 1. The van der Waals surface area contributed by atoms with Gasteiger partial charge in [0.15, 0.2) is 0 Å². The van der Waals surface area contributed by atoms with Crippen molar-refractivity contribution < 1.29 is 14.7 Å². The Hall–Kier alpha value is -1.30. The standard InChI is InChI=1S/C12H23N3O3/c1-12(2,10(16)17)15(3)11(18)14-8-4-7-13-9-5-6-9/h9,13H,4-8H2,1-3H3,(H,14,18)(H,16,17). The first-order chi connectivity index (χ1) is 8.35. The van der Waals surface area contributed by atoms with Gasteiger partial charge in [0.1, 0.15) is 5.54 Å². The van der Waals surface area contributed by atoms with Crippen molar-refractivity contribution in [3.8, 4) is 0 Å². The Balaban J connectivity index is 2.19. The Morgan fingerprint density at radius 1 is 1.33 bits per heavy atom. The summed E-state index contributed by atoms with van der Waals surface area (Å²) >= 11 is 0. The van der Waals surface area contributed by atoms with Crippen LogP contribution in [-0.4, -0.2) is 53.7 Å². The molecule has 0 atom stereocenters. The number of hydrogen-bond donors (Lipinski definition) is 3. The van der Waals surface area contributed by atoms with Crippen molar-refractivity contribution >= 4 is 12.0 Å². The molecule has 1 aliphatic rings. The van der Waals surface area contributed by atoms with Gasteiger partial charge in [-0.1, -0.05) is 0 Å². The zero-order valence-corrected chi connectivity index (χ0v) is 11.3. The highest BCUT2D eigenvalue weighted by atomic mass is 16.4. The summed E-state index contributed by atoms with van der Waals surface area (Å²) in [4.78, 5) is 23.9. The molecule has 0 aromatic rings. The SMILES string of the molecule is CN(C(=O)NCCCNC1CC1)C(C)(C)C(=O)O. The van der Waals surface area contributed by atoms with Gasteiger partial charge >= 0.3 is 12.0 Å². The number of rotatable bonds is 7. The van der Waals surface area contributed by atoms with Gasteiger partial charge in [-0.05, 0) is 39.7 Å². The molecule has 1 fully saturated rings. The van der Waals surface area contributed by atoms with Crippen LogP contribution < -0.4 is 10.6 Å². The number of amides is 2. The van der Waals surface area contributed by atoms with E-state index in [1.165, 1.54) is 38.6 Å². The Bertz CT molecular complexity index is 314. The molecular formula is C12H23N3O3. The van der Waals surface area contributed by atoms with Crippen LogP contribution in [0.1, 0.15) is 33.1 Å². The number of carbonyl (C=O) groups excluding carboxylic acids is 1. The van der Waals surface area contributed by atoms with E-state index in [4.69, 9.17) is 5.11 Å². The molecule has 6 heteroatoms. The topological polar surface area (TPSA) is 81.7 Å². The summed E-state index contributed by atoms with van der Waals surface area (Å²) in [6, 6.07) is 0.322. The van der Waals surface area contributed by atoms with Crippen LogP contribution in [0.4, 0.5) is 4.79 Å². The van der Waals surface area contributed by atoms with Crippen molar-refractivity contribution in [2.45, 2.75) is 44.7 Å². The summed E-state index contributed by atoms with van der Waals surface area (Å²) in [6.07, 6.45) is 3.35. The summed E-state index contributed by atoms with van der Waals surface area (Å²) in [7, 11) is 1.49. The smallest absolute Gasteiger partial charge is 0.329 e. The second-order valence-corrected chi connectivity index (χ2v) is 5.24. The third-order valence-corrected chi connectivity index (χ3v) is 3.31. The molecule has 0 radical (unpaired) electrons. The zero-order chi connectivity index (χ0) is 13.8. The Morgan fingerprint density at radius 3 is 2.44 bits per heavy atom. The van der Waals surface area contributed by atoms with Gasteiger partial charge in [0.05, 0.1) is 0 Å². The maximum Gasteiger partial charge on any atom is 0.329 e. The zero-order valence-electron chi connectivity index (χ0n) is 11.3. The lowest BCUT2D eigenvalue weighted by Gasteiger charge is -2.31. The van der Waals surface area contributed by atoms with Crippen molar-refractivity contribution in [1.82, 2.24) is 15.5 Å². The number of likely N-dealkylation sites (N-methyl/N-ethyl adjacent to an activating group) is 1. The van der Waals surface area contributed by atoms with E-state index in [-0.39, 0.29) is 6.03 Å². The molecule has 18 heavy (non-hydrogen) atoms. The molecule has 0 unspecified atom stereocenters. The average Bonchev–Trinajstić information content (AvgIpc) is 3.11. The molecule has 0 aliphatic heterocycles. The molecule has 0 heterocycles. The molecule has 0 saturated heterocycles. The van der Waals surface area contributed by atoms with Crippen LogP contribution in [0.5, 0.6) is 0 Å². The average molecular weight is 257 g/mol. The number of carboxylic acids is 1. The minimum Gasteiger partial charge on any atom is -0.480 e. The van der Waals surface area contributed by atoms with Crippen molar-refractivity contribution in [1.29, 1.82) is 0 Å². The predicted octanol–water partition coefficient (Wildman–Crippen LogP) is 0.633. The molecule has 104 valence electrons. The summed E-state index contributed by atoms with van der Waals surface area (Å²) in [5.74, 6) is -1.02. The van der Waals surface area contributed by atoms with Crippen LogP contribution in [0.15, 0.2) is 0 Å². The van der Waals surface area contributed by atoms with Crippen LogP contribution in [0.2, 0.25) is 0 Å². The van der Waals surface area contributed by atoms with Gasteiger partial charge in [0.2, 0.25) is 0 Å². The molecule has 0 bridgehead atoms. The first-order valence-electron chi connectivity index (χ1n) is 6.34. The molecule has 0 aromatic heterocycles. The Morgan fingerprint density at radius 2 is 1.94 bits per heavy atom. The minimum atomic E-state index is -1.20. The van der Waals surface area contributed by atoms with Crippen molar-refractivity contribution in [2.24, 2.45) is 0 Å². The van der Waals surface area contributed by atoms with E-state index in [9.17, 15) is 9.59 Å². The molecule has 1 aliphatic carbocycles. The maximum atomic E-state index is 11.7. The van der Waals surface area contributed by atoms with Crippen molar-refractivity contribution in [2.75, 3.05) is 20.1 Å². The summed E-state index contributed by atoms with van der Waals surface area (Å²) in [5, 5.41) is 15.1. The van der Waals surface area contributed by atoms with E-state index in [1.54, 1.807) is 0 Å². The number of aliphatic carboxylic acids is 1. The monoisotopic (exact) mass is 257 g/mol. The van der Waals surface area contributed by atoms with Crippen LogP contribution >= 0.6 is 0 Å². The van der Waals surface area contributed by atoms with Crippen LogP contribution in [0.3, 0.4) is 0 Å². The molecular weight excluding hydrogens is 234 g/mol. The second kappa shape index (κ2) is 6.04. The second-order valence-electron chi connectivity index (χ2n) is 5.24. The van der Waals surface area contributed by atoms with Gasteiger partial charge in [-0.2, -0.15) is 0 Å². The molecule has 6 nitrogen and oxygen atoms in total. The largest absolute Gasteiger partial charge is 0.480 e. The Kier molecular flexibility index (Phi) is 4.95. The number of hydrogen-bond acceptors (Lipinski definition) is 3. The number of carbonyl (C=O) groups is 2. The summed E-state index contributed by atoms with van der Waals surface area (Å²) in [6.45, 7) is 4.45. The van der Waals surface area contributed by atoms with Crippen LogP contribution in [-0.2, 0) is 4.79 Å². The van der Waals surface area contributed by atoms with Crippen LogP contribution in [0, 0.1) is 0 Å². The normalized spacial score (nSPS) is 15.3. The number of nitrogens with one attached hydrogen (secondary N) is 2. The van der Waals surface area contributed by atoms with Gasteiger partial charge < -0.3 is 20.6 Å². The predicted molar refractivity (Wildman–Crippen MR) is 68.5 cm³/mol. The molecule has 2 amide bonds. The minimum absolute atomic E-state index is 0.353. The lowest BCUT2D eigenvalue weighted by Crippen LogP contribution is -2.54. The van der Waals surface area contributed by atoms with E-state index < -0.39 is 11.5 Å². The molecule has 1 saturated carbocycles. The van der Waals surface area contributed by atoms with Gasteiger partial charge in [-0.3, -0.25) is 0 Å². The fourth-order valence-corrected chi connectivity index (χ4v) is 1.39. The summed E-state index contributed by atoms with van der Waals surface area (Å²) < 4.78 is 0. The lowest BCUT2D eigenvalue weighted by molar-refractivity contribution is -0.146. The molecule has 0 aromatic carbocycles. The van der Waals surface area contributed by atoms with E-state index in [0.29, 0.717) is 12.6 Å². The van der Waals surface area contributed by atoms with Crippen molar-refractivity contribution in [3.05, 3.63) is 0 Å². The fraction of sp³-hybridized carbons (Fsp3) is 0.833. The van der Waals surface area contributed by atoms with Gasteiger partial charge in [0.25, 0.3) is 0 Å². The maximum absolute atomic E-state index is 11.7.